The Morgan fingerprint density at radius 3 is 2.37 bits per heavy atom. The standard InChI is InChI=1S/C20H26N6O3S/c1-30(28)20-22-18(14-19(23-20)26-8-6-24(15-27)7-9-26)21-16-2-4-17(5-3-16)25-10-12-29-13-11-25/h2-5,14-15H,6-13H2,1H3,(H,21,22,23). The van der Waals surface area contributed by atoms with Crippen LogP contribution in [-0.4, -0.2) is 84.6 Å². The molecule has 1 aromatic heterocycles. The second-order valence-electron chi connectivity index (χ2n) is 7.25. The number of nitrogens with one attached hydrogen (secondary N) is 1. The Bertz CT molecular complexity index is 852. The normalized spacial score (nSPS) is 18.3. The Hall–Kier alpha value is -2.56. The van der Waals surface area contributed by atoms with Gasteiger partial charge in [0.2, 0.25) is 6.41 Å². The van der Waals surface area contributed by atoms with Crippen molar-refractivity contribution in [2.24, 2.45) is 0 Å². The Morgan fingerprint density at radius 1 is 1.03 bits per heavy atom. The molecule has 4 rings (SSSR count). The van der Waals surface area contributed by atoms with Gasteiger partial charge < -0.3 is 29.3 Å². The Morgan fingerprint density at radius 2 is 1.73 bits per heavy atom. The number of carbonyl (C=O) groups excluding carboxylic acids is 1. The number of anilines is 4. The summed E-state index contributed by atoms with van der Waals surface area (Å²) in [5.74, 6) is 1.32. The molecule has 1 unspecified atom stereocenters. The number of carbonyl (C=O) groups is 1. The summed E-state index contributed by atoms with van der Waals surface area (Å²) in [5.41, 5.74) is 2.06. The van der Waals surface area contributed by atoms with Gasteiger partial charge in [-0.2, -0.15) is 9.97 Å². The highest BCUT2D eigenvalue weighted by Crippen LogP contribution is 2.24. The van der Waals surface area contributed by atoms with Crippen molar-refractivity contribution in [2.75, 3.05) is 73.9 Å². The van der Waals surface area contributed by atoms with Crippen molar-refractivity contribution in [1.29, 1.82) is 0 Å². The molecule has 0 bridgehead atoms. The van der Waals surface area contributed by atoms with Crippen molar-refractivity contribution < 1.29 is 14.1 Å². The van der Waals surface area contributed by atoms with Gasteiger partial charge in [0.15, 0.2) is 0 Å². The van der Waals surface area contributed by atoms with Crippen LogP contribution in [0.4, 0.5) is 23.0 Å². The van der Waals surface area contributed by atoms with Crippen LogP contribution in [0.3, 0.4) is 0 Å². The lowest BCUT2D eigenvalue weighted by molar-refractivity contribution is -0.118. The fourth-order valence-corrected chi connectivity index (χ4v) is 4.00. The van der Waals surface area contributed by atoms with Crippen molar-refractivity contribution in [1.82, 2.24) is 14.9 Å². The molecule has 1 N–H and O–H groups in total. The molecule has 1 atom stereocenters. The smallest absolute Gasteiger partial charge is 0.346 e. The maximum absolute atomic E-state index is 12.1. The van der Waals surface area contributed by atoms with Gasteiger partial charge in [0.25, 0.3) is 0 Å². The number of ether oxygens (including phenoxy) is 1. The van der Waals surface area contributed by atoms with Gasteiger partial charge in [-0.25, -0.2) is 0 Å². The number of morpholine rings is 1. The minimum absolute atomic E-state index is 0.290. The van der Waals surface area contributed by atoms with Gasteiger partial charge in [0, 0.05) is 67.9 Å². The predicted molar refractivity (Wildman–Crippen MR) is 117 cm³/mol. The summed E-state index contributed by atoms with van der Waals surface area (Å²) >= 11 is -1.30. The highest BCUT2D eigenvalue weighted by atomic mass is 32.2. The average Bonchev–Trinajstić information content (AvgIpc) is 2.80. The van der Waals surface area contributed by atoms with Gasteiger partial charge in [0.1, 0.15) is 17.9 Å². The molecule has 0 aliphatic carbocycles. The van der Waals surface area contributed by atoms with E-state index >= 15 is 0 Å². The number of rotatable bonds is 6. The second kappa shape index (κ2) is 9.50. The van der Waals surface area contributed by atoms with Crippen LogP contribution >= 0.6 is 0 Å². The molecule has 1 amide bonds. The first-order chi connectivity index (χ1) is 14.6. The Labute approximate surface area is 179 Å². The summed E-state index contributed by atoms with van der Waals surface area (Å²) in [6.07, 6.45) is 2.45. The summed E-state index contributed by atoms with van der Waals surface area (Å²) in [6.45, 7) is 5.94. The first-order valence-corrected chi connectivity index (χ1v) is 11.5. The molecule has 2 aliphatic heterocycles. The zero-order valence-electron chi connectivity index (χ0n) is 17.0. The molecule has 0 spiro atoms. The SMILES string of the molecule is C[S+]([O-])c1nc(Nc2ccc(N3CCOCC3)cc2)cc(N2CCN(C=O)CC2)n1. The minimum Gasteiger partial charge on any atom is -0.609 e. The van der Waals surface area contributed by atoms with Gasteiger partial charge in [-0.05, 0) is 24.3 Å². The topological polar surface area (TPSA) is 96.9 Å². The third kappa shape index (κ3) is 4.94. The molecule has 2 saturated heterocycles. The zero-order valence-corrected chi connectivity index (χ0v) is 17.8. The molecule has 2 aliphatic rings. The second-order valence-corrected chi connectivity index (χ2v) is 8.52. The van der Waals surface area contributed by atoms with E-state index in [1.165, 1.54) is 0 Å². The van der Waals surface area contributed by atoms with Crippen LogP contribution in [-0.2, 0) is 20.7 Å². The van der Waals surface area contributed by atoms with Crippen LogP contribution in [0.25, 0.3) is 0 Å². The Balaban J connectivity index is 1.50. The molecule has 3 heterocycles. The summed E-state index contributed by atoms with van der Waals surface area (Å²) in [4.78, 5) is 26.0. The molecule has 30 heavy (non-hydrogen) atoms. The molecule has 0 radical (unpaired) electrons. The number of nitrogens with zero attached hydrogens (tertiary/aromatic N) is 5. The molecule has 2 fully saturated rings. The number of hydrogen-bond acceptors (Lipinski definition) is 8. The van der Waals surface area contributed by atoms with Gasteiger partial charge in [0.05, 0.1) is 13.2 Å². The van der Waals surface area contributed by atoms with Gasteiger partial charge in [-0.15, -0.1) is 0 Å². The Kier molecular flexibility index (Phi) is 6.56. The van der Waals surface area contributed by atoms with E-state index in [0.717, 1.165) is 44.1 Å². The highest BCUT2D eigenvalue weighted by molar-refractivity contribution is 7.90. The maximum Gasteiger partial charge on any atom is 0.346 e. The quantitative estimate of drug-likeness (QED) is 0.413. The van der Waals surface area contributed by atoms with Crippen LogP contribution in [0.1, 0.15) is 0 Å². The van der Waals surface area contributed by atoms with Crippen molar-refractivity contribution >= 4 is 40.6 Å². The van der Waals surface area contributed by atoms with E-state index in [2.05, 4.69) is 37.2 Å². The van der Waals surface area contributed by atoms with Crippen LogP contribution < -0.4 is 15.1 Å². The minimum atomic E-state index is -1.30. The van der Waals surface area contributed by atoms with Crippen LogP contribution in [0, 0.1) is 0 Å². The average molecular weight is 431 g/mol. The first kappa shape index (κ1) is 20.7. The van der Waals surface area contributed by atoms with E-state index < -0.39 is 11.2 Å². The van der Waals surface area contributed by atoms with Crippen LogP contribution in [0.2, 0.25) is 0 Å². The summed E-state index contributed by atoms with van der Waals surface area (Å²) in [6, 6.07) is 10.0. The van der Waals surface area contributed by atoms with E-state index in [9.17, 15) is 9.35 Å². The van der Waals surface area contributed by atoms with Crippen LogP contribution in [0.5, 0.6) is 0 Å². The maximum atomic E-state index is 12.1. The predicted octanol–water partition coefficient (Wildman–Crippen LogP) is 1.07. The number of hydrogen-bond donors (Lipinski definition) is 1. The lowest BCUT2D eigenvalue weighted by Gasteiger charge is -2.33. The van der Waals surface area contributed by atoms with Crippen molar-refractivity contribution in [3.05, 3.63) is 30.3 Å². The van der Waals surface area contributed by atoms with Gasteiger partial charge in [-0.3, -0.25) is 4.79 Å². The summed E-state index contributed by atoms with van der Waals surface area (Å²) in [5, 5.41) is 3.60. The molecule has 160 valence electrons. The van der Waals surface area contributed by atoms with Crippen molar-refractivity contribution in [2.45, 2.75) is 5.16 Å². The fourth-order valence-electron chi connectivity index (χ4n) is 3.55. The van der Waals surface area contributed by atoms with E-state index in [-0.39, 0.29) is 5.16 Å². The fraction of sp³-hybridized carbons (Fsp3) is 0.450. The number of benzene rings is 1. The molecule has 2 aromatic rings. The molecule has 10 heteroatoms. The van der Waals surface area contributed by atoms with Crippen molar-refractivity contribution in [3.8, 4) is 0 Å². The number of aromatic nitrogens is 2. The third-order valence-corrected chi connectivity index (χ3v) is 5.95. The highest BCUT2D eigenvalue weighted by Gasteiger charge is 2.21. The van der Waals surface area contributed by atoms with E-state index in [1.54, 1.807) is 11.2 Å². The van der Waals surface area contributed by atoms with E-state index in [0.29, 0.717) is 37.8 Å². The zero-order chi connectivity index (χ0) is 20.9. The summed E-state index contributed by atoms with van der Waals surface area (Å²) < 4.78 is 17.5. The summed E-state index contributed by atoms with van der Waals surface area (Å²) in [7, 11) is 0. The third-order valence-electron chi connectivity index (χ3n) is 5.25. The van der Waals surface area contributed by atoms with Crippen LogP contribution in [0.15, 0.2) is 35.5 Å². The molecule has 1 aromatic carbocycles. The van der Waals surface area contributed by atoms with E-state index in [4.69, 9.17) is 4.74 Å². The van der Waals surface area contributed by atoms with E-state index in [1.807, 2.05) is 18.2 Å². The molecular weight excluding hydrogens is 404 g/mol. The van der Waals surface area contributed by atoms with Gasteiger partial charge >= 0.3 is 5.16 Å². The molecule has 9 nitrogen and oxygen atoms in total. The number of piperazine rings is 1. The lowest BCUT2D eigenvalue weighted by Crippen LogP contribution is -2.46. The molecular formula is C20H26N6O3S. The monoisotopic (exact) mass is 430 g/mol. The number of amides is 1. The van der Waals surface area contributed by atoms with Crippen molar-refractivity contribution in [3.63, 3.8) is 0 Å². The van der Waals surface area contributed by atoms with Gasteiger partial charge in [-0.1, -0.05) is 0 Å². The molecule has 0 saturated carbocycles. The first-order valence-electron chi connectivity index (χ1n) is 9.99. The lowest BCUT2D eigenvalue weighted by atomic mass is 10.2. The largest absolute Gasteiger partial charge is 0.609 e.